The van der Waals surface area contributed by atoms with Crippen molar-refractivity contribution in [2.75, 3.05) is 0 Å². The third-order valence-electron chi connectivity index (χ3n) is 2.65. The Morgan fingerprint density at radius 3 is 2.69 bits per heavy atom. The third kappa shape index (κ3) is 2.19. The fraction of sp³-hybridized carbons (Fsp3) is 0.600. The zero-order valence-electron chi connectivity index (χ0n) is 8.50. The van der Waals surface area contributed by atoms with Crippen LogP contribution in [0, 0.1) is 5.92 Å². The lowest BCUT2D eigenvalue weighted by atomic mass is 9.71. The third-order valence-corrected chi connectivity index (χ3v) is 2.75. The first-order chi connectivity index (χ1) is 5.96. The van der Waals surface area contributed by atoms with Crippen LogP contribution in [0.25, 0.3) is 0 Å². The molecule has 72 valence electrons. The molecule has 0 spiro atoms. The van der Waals surface area contributed by atoms with E-state index in [1.165, 1.54) is 5.57 Å². The molecule has 1 unspecified atom stereocenters. The van der Waals surface area contributed by atoms with E-state index >= 15 is 0 Å². The lowest BCUT2D eigenvalue weighted by Gasteiger charge is -2.38. The van der Waals surface area contributed by atoms with Crippen LogP contribution in [0.4, 0.5) is 0 Å². The van der Waals surface area contributed by atoms with E-state index in [0.29, 0.717) is 11.1 Å². The Morgan fingerprint density at radius 2 is 2.31 bits per heavy atom. The van der Waals surface area contributed by atoms with E-state index in [2.05, 4.69) is 36.8 Å². The van der Waals surface area contributed by atoms with Crippen molar-refractivity contribution in [3.8, 4) is 0 Å². The maximum Gasteiger partial charge on any atom is 0.112 e. The van der Waals surface area contributed by atoms with Gasteiger partial charge in [-0.25, -0.2) is 4.99 Å². The lowest BCUT2D eigenvalue weighted by Crippen LogP contribution is -2.37. The molecule has 0 bridgehead atoms. The minimum atomic E-state index is -0.0695. The molecule has 0 amide bonds. The minimum Gasteiger partial charge on any atom is -0.262 e. The topological polar surface area (TPSA) is 24.7 Å². The van der Waals surface area contributed by atoms with E-state index in [0.717, 1.165) is 0 Å². The normalized spacial score (nSPS) is 34.7. The van der Waals surface area contributed by atoms with Crippen molar-refractivity contribution in [1.82, 2.24) is 0 Å². The molecule has 1 rings (SSSR count). The number of aliphatic imine (C=N–C) groups is 2. The molecule has 0 aromatic carbocycles. The molecule has 2 nitrogen and oxygen atoms in total. The second kappa shape index (κ2) is 3.62. The average molecular weight is 199 g/mol. The highest BCUT2D eigenvalue weighted by atomic mass is 35.5. The molecule has 0 fully saturated rings. The number of nitrogens with zero attached hydrogens (tertiary/aromatic N) is 2. The monoisotopic (exact) mass is 198 g/mol. The molecule has 13 heavy (non-hydrogen) atoms. The highest BCUT2D eigenvalue weighted by Gasteiger charge is 2.37. The number of hydrogen-bond acceptors (Lipinski definition) is 1. The summed E-state index contributed by atoms with van der Waals surface area (Å²) in [5.74, 6) is 0.509. The Morgan fingerprint density at radius 1 is 1.69 bits per heavy atom. The zero-order chi connectivity index (χ0) is 10.1. The molecule has 0 radical (unpaired) electrons. The quantitative estimate of drug-likeness (QED) is 0.370. The van der Waals surface area contributed by atoms with Crippen LogP contribution in [0.5, 0.6) is 0 Å². The van der Waals surface area contributed by atoms with Gasteiger partial charge in [-0.1, -0.05) is 30.2 Å². The SMILES string of the molecule is CC1=C[C@](C)(N=CN=C(C)Cl)C1C. The van der Waals surface area contributed by atoms with Gasteiger partial charge in [-0.05, 0) is 20.8 Å². The van der Waals surface area contributed by atoms with Crippen LogP contribution in [0.15, 0.2) is 21.6 Å². The smallest absolute Gasteiger partial charge is 0.112 e. The lowest BCUT2D eigenvalue weighted by molar-refractivity contribution is 0.387. The fourth-order valence-corrected chi connectivity index (χ4v) is 1.50. The molecule has 2 atom stereocenters. The van der Waals surface area contributed by atoms with E-state index in [1.807, 2.05) is 0 Å². The van der Waals surface area contributed by atoms with Crippen molar-refractivity contribution in [1.29, 1.82) is 0 Å². The molecule has 0 saturated carbocycles. The van der Waals surface area contributed by atoms with Gasteiger partial charge in [0.2, 0.25) is 0 Å². The summed E-state index contributed by atoms with van der Waals surface area (Å²) >= 11 is 5.58. The summed E-state index contributed by atoms with van der Waals surface area (Å²) in [4.78, 5) is 8.27. The predicted molar refractivity (Wildman–Crippen MR) is 58.8 cm³/mol. The summed E-state index contributed by atoms with van der Waals surface area (Å²) < 4.78 is 0. The molecule has 0 saturated heterocycles. The van der Waals surface area contributed by atoms with E-state index in [9.17, 15) is 0 Å². The fourth-order valence-electron chi connectivity index (χ4n) is 1.46. The Hall–Kier alpha value is -0.630. The van der Waals surface area contributed by atoms with E-state index in [-0.39, 0.29) is 5.54 Å². The van der Waals surface area contributed by atoms with Gasteiger partial charge < -0.3 is 0 Å². The van der Waals surface area contributed by atoms with Gasteiger partial charge in [0.15, 0.2) is 0 Å². The van der Waals surface area contributed by atoms with Crippen LogP contribution in [0.2, 0.25) is 0 Å². The van der Waals surface area contributed by atoms with Gasteiger partial charge in [-0.15, -0.1) is 0 Å². The van der Waals surface area contributed by atoms with Gasteiger partial charge in [0.1, 0.15) is 11.5 Å². The summed E-state index contributed by atoms with van der Waals surface area (Å²) in [6, 6.07) is 0. The molecule has 0 aromatic rings. The van der Waals surface area contributed by atoms with E-state index in [4.69, 9.17) is 11.6 Å². The van der Waals surface area contributed by atoms with Crippen molar-refractivity contribution in [2.45, 2.75) is 33.2 Å². The maximum atomic E-state index is 5.58. The van der Waals surface area contributed by atoms with Gasteiger partial charge in [0.05, 0.1) is 5.54 Å². The van der Waals surface area contributed by atoms with Gasteiger partial charge in [0.25, 0.3) is 0 Å². The number of rotatable bonds is 2. The first-order valence-corrected chi connectivity index (χ1v) is 4.76. The molecule has 0 N–H and O–H groups in total. The Kier molecular flexibility index (Phi) is 2.91. The van der Waals surface area contributed by atoms with Gasteiger partial charge >= 0.3 is 0 Å². The molecule has 3 heteroatoms. The molecule has 0 aliphatic heterocycles. The summed E-state index contributed by atoms with van der Waals surface area (Å²) in [6.07, 6.45) is 3.70. The predicted octanol–water partition coefficient (Wildman–Crippen LogP) is 3.03. The highest BCUT2D eigenvalue weighted by Crippen LogP contribution is 2.39. The van der Waals surface area contributed by atoms with Crippen LogP contribution < -0.4 is 0 Å². The molecular formula is C10H15ClN2. The van der Waals surface area contributed by atoms with Crippen LogP contribution in [0.1, 0.15) is 27.7 Å². The molecule has 1 aliphatic carbocycles. The number of halogens is 1. The summed E-state index contributed by atoms with van der Waals surface area (Å²) in [7, 11) is 0. The maximum absolute atomic E-state index is 5.58. The van der Waals surface area contributed by atoms with Crippen molar-refractivity contribution in [3.05, 3.63) is 11.6 Å². The highest BCUT2D eigenvalue weighted by molar-refractivity contribution is 6.65. The van der Waals surface area contributed by atoms with Crippen molar-refractivity contribution >= 4 is 23.1 Å². The summed E-state index contributed by atoms with van der Waals surface area (Å²) in [5.41, 5.74) is 1.33. The summed E-state index contributed by atoms with van der Waals surface area (Å²) in [5, 5.41) is 0.514. The first kappa shape index (κ1) is 10.5. The van der Waals surface area contributed by atoms with Crippen LogP contribution in [0.3, 0.4) is 0 Å². The van der Waals surface area contributed by atoms with Crippen molar-refractivity contribution in [2.24, 2.45) is 15.9 Å². The second-order valence-corrected chi connectivity index (χ2v) is 4.25. The largest absolute Gasteiger partial charge is 0.262 e. The van der Waals surface area contributed by atoms with Crippen molar-refractivity contribution < 1.29 is 0 Å². The second-order valence-electron chi connectivity index (χ2n) is 3.71. The van der Waals surface area contributed by atoms with Gasteiger partial charge in [-0.3, -0.25) is 4.99 Å². The standard InChI is InChI=1S/C10H15ClN2/c1-7-5-10(4,8(7)2)13-6-12-9(3)11/h5-6,8H,1-4H3/t8?,10-/m0/s1. The number of hydrogen-bond donors (Lipinski definition) is 0. The van der Waals surface area contributed by atoms with Crippen molar-refractivity contribution in [3.63, 3.8) is 0 Å². The first-order valence-electron chi connectivity index (χ1n) is 4.38. The van der Waals surface area contributed by atoms with E-state index < -0.39 is 0 Å². The Labute approximate surface area is 84.4 Å². The van der Waals surface area contributed by atoms with Crippen LogP contribution >= 0.6 is 11.6 Å². The van der Waals surface area contributed by atoms with Crippen LogP contribution in [-0.2, 0) is 0 Å². The van der Waals surface area contributed by atoms with Crippen LogP contribution in [-0.4, -0.2) is 17.0 Å². The average Bonchev–Trinajstić information content (AvgIpc) is 2.03. The van der Waals surface area contributed by atoms with E-state index in [1.54, 1.807) is 13.3 Å². The Balaban J connectivity index is 2.66. The molecule has 0 aromatic heterocycles. The van der Waals surface area contributed by atoms with Gasteiger partial charge in [-0.2, -0.15) is 0 Å². The summed E-state index contributed by atoms with van der Waals surface area (Å²) in [6.45, 7) is 8.13. The molecule has 1 aliphatic rings. The molecule has 0 heterocycles. The molecular weight excluding hydrogens is 184 g/mol. The minimum absolute atomic E-state index is 0.0695. The zero-order valence-corrected chi connectivity index (χ0v) is 9.26. The van der Waals surface area contributed by atoms with Gasteiger partial charge in [0, 0.05) is 5.92 Å². The Bertz CT molecular complexity index is 287.